The van der Waals surface area contributed by atoms with Crippen molar-refractivity contribution in [3.05, 3.63) is 18.2 Å². The Labute approximate surface area is 102 Å². The van der Waals surface area contributed by atoms with Gasteiger partial charge >= 0.3 is 0 Å². The fourth-order valence-electron chi connectivity index (χ4n) is 1.19. The van der Waals surface area contributed by atoms with Crippen molar-refractivity contribution in [1.29, 1.82) is 0 Å². The summed E-state index contributed by atoms with van der Waals surface area (Å²) in [5.41, 5.74) is 4.99. The van der Waals surface area contributed by atoms with Gasteiger partial charge in [-0.2, -0.15) is 0 Å². The molecule has 1 aromatic carbocycles. The molecule has 17 heavy (non-hydrogen) atoms. The van der Waals surface area contributed by atoms with Gasteiger partial charge in [0.15, 0.2) is 0 Å². The summed E-state index contributed by atoms with van der Waals surface area (Å²) in [5.74, 6) is -0.126. The molecule has 0 aliphatic carbocycles. The van der Waals surface area contributed by atoms with Crippen LogP contribution < -0.4 is 10.5 Å². The average molecular weight is 258 g/mol. The summed E-state index contributed by atoms with van der Waals surface area (Å²) >= 11 is 0. The molecule has 4 N–H and O–H groups in total. The van der Waals surface area contributed by atoms with Gasteiger partial charge in [0.2, 0.25) is 10.0 Å². The number of hydrogen-bond donors (Lipinski definition) is 3. The molecule has 96 valence electrons. The number of benzene rings is 1. The number of nitrogens with two attached hydrogens (primary N) is 1. The van der Waals surface area contributed by atoms with Gasteiger partial charge in [-0.3, -0.25) is 0 Å². The van der Waals surface area contributed by atoms with E-state index in [9.17, 15) is 13.5 Å². The Morgan fingerprint density at radius 2 is 2.00 bits per heavy atom. The summed E-state index contributed by atoms with van der Waals surface area (Å²) in [5, 5.41) is 9.25. The van der Waals surface area contributed by atoms with Crippen LogP contribution in [0.5, 0.6) is 5.75 Å². The van der Waals surface area contributed by atoms with Gasteiger partial charge in [0, 0.05) is 5.54 Å². The van der Waals surface area contributed by atoms with Crippen LogP contribution in [-0.4, -0.2) is 19.1 Å². The van der Waals surface area contributed by atoms with Crippen LogP contribution in [0.2, 0.25) is 0 Å². The second-order valence-corrected chi connectivity index (χ2v) is 6.25. The summed E-state index contributed by atoms with van der Waals surface area (Å²) in [7, 11) is -3.61. The molecule has 0 amide bonds. The van der Waals surface area contributed by atoms with E-state index in [1.807, 2.05) is 6.92 Å². The highest BCUT2D eigenvalue weighted by atomic mass is 32.2. The first kappa shape index (κ1) is 13.8. The van der Waals surface area contributed by atoms with Crippen molar-refractivity contribution in [2.45, 2.75) is 37.6 Å². The summed E-state index contributed by atoms with van der Waals surface area (Å²) < 4.78 is 26.6. The Hall–Kier alpha value is -1.27. The minimum absolute atomic E-state index is 0.0437. The largest absolute Gasteiger partial charge is 0.506 e. The maximum Gasteiger partial charge on any atom is 0.241 e. The van der Waals surface area contributed by atoms with Crippen LogP contribution in [0.15, 0.2) is 23.1 Å². The normalized spacial score (nSPS) is 12.6. The molecular weight excluding hydrogens is 240 g/mol. The topological polar surface area (TPSA) is 92.4 Å². The maximum absolute atomic E-state index is 12.0. The molecule has 0 bridgehead atoms. The average Bonchev–Trinajstić information content (AvgIpc) is 2.20. The quantitative estimate of drug-likeness (QED) is 0.563. The third-order valence-corrected chi connectivity index (χ3v) is 4.30. The Kier molecular flexibility index (Phi) is 3.68. The summed E-state index contributed by atoms with van der Waals surface area (Å²) in [6, 6.07) is 3.83. The van der Waals surface area contributed by atoms with Crippen LogP contribution >= 0.6 is 0 Å². The van der Waals surface area contributed by atoms with Gasteiger partial charge in [0.1, 0.15) is 5.75 Å². The third kappa shape index (κ3) is 3.34. The molecule has 1 aromatic rings. The number of hydrogen-bond acceptors (Lipinski definition) is 4. The van der Waals surface area contributed by atoms with Crippen molar-refractivity contribution in [2.24, 2.45) is 0 Å². The lowest BCUT2D eigenvalue weighted by Gasteiger charge is -2.24. The molecule has 0 aliphatic heterocycles. The van der Waals surface area contributed by atoms with E-state index in [2.05, 4.69) is 4.72 Å². The second kappa shape index (κ2) is 4.54. The van der Waals surface area contributed by atoms with Crippen LogP contribution in [0.4, 0.5) is 5.69 Å². The number of aromatic hydroxyl groups is 1. The number of phenolic OH excluding ortho intramolecular Hbond substituents is 1. The summed E-state index contributed by atoms with van der Waals surface area (Å²) in [4.78, 5) is 0.0503. The number of nitrogen functional groups attached to an aromatic ring is 1. The van der Waals surface area contributed by atoms with E-state index in [-0.39, 0.29) is 16.3 Å². The Morgan fingerprint density at radius 3 is 2.47 bits per heavy atom. The molecule has 0 atom stereocenters. The van der Waals surface area contributed by atoms with Gasteiger partial charge in [-0.15, -0.1) is 0 Å². The molecule has 0 spiro atoms. The van der Waals surface area contributed by atoms with Crippen LogP contribution in [0.25, 0.3) is 0 Å². The van der Waals surface area contributed by atoms with Gasteiger partial charge in [-0.25, -0.2) is 13.1 Å². The highest BCUT2D eigenvalue weighted by molar-refractivity contribution is 7.89. The number of nitrogens with one attached hydrogen (secondary N) is 1. The molecular formula is C11H18N2O3S. The van der Waals surface area contributed by atoms with E-state index >= 15 is 0 Å². The Balaban J connectivity index is 3.10. The predicted octanol–water partition coefficient (Wildman–Crippen LogP) is 1.44. The standard InChI is InChI=1S/C11H18N2O3S/c1-4-11(2,3)13-17(15,16)8-5-6-10(14)9(12)7-8/h5-7,13-14H,4,12H2,1-3H3. The van der Waals surface area contributed by atoms with Crippen LogP contribution in [0.1, 0.15) is 27.2 Å². The van der Waals surface area contributed by atoms with E-state index in [4.69, 9.17) is 5.73 Å². The van der Waals surface area contributed by atoms with Crippen molar-refractivity contribution < 1.29 is 13.5 Å². The maximum atomic E-state index is 12.0. The fourth-order valence-corrected chi connectivity index (χ4v) is 2.71. The molecule has 0 unspecified atom stereocenters. The minimum atomic E-state index is -3.61. The van der Waals surface area contributed by atoms with Gasteiger partial charge in [0.25, 0.3) is 0 Å². The van der Waals surface area contributed by atoms with E-state index in [1.165, 1.54) is 18.2 Å². The first-order valence-corrected chi connectivity index (χ1v) is 6.79. The lowest BCUT2D eigenvalue weighted by atomic mass is 10.0. The monoisotopic (exact) mass is 258 g/mol. The minimum Gasteiger partial charge on any atom is -0.506 e. The summed E-state index contributed by atoms with van der Waals surface area (Å²) in [6.45, 7) is 5.50. The van der Waals surface area contributed by atoms with Crippen molar-refractivity contribution in [1.82, 2.24) is 4.72 Å². The molecule has 0 fully saturated rings. The molecule has 0 saturated carbocycles. The van der Waals surface area contributed by atoms with E-state index in [0.29, 0.717) is 6.42 Å². The van der Waals surface area contributed by atoms with Gasteiger partial charge in [-0.1, -0.05) is 6.92 Å². The van der Waals surface area contributed by atoms with Gasteiger partial charge in [0.05, 0.1) is 10.6 Å². The lowest BCUT2D eigenvalue weighted by molar-refractivity contribution is 0.439. The van der Waals surface area contributed by atoms with E-state index in [1.54, 1.807) is 13.8 Å². The number of rotatable bonds is 4. The number of anilines is 1. The van der Waals surface area contributed by atoms with Crippen LogP contribution in [0, 0.1) is 0 Å². The number of sulfonamides is 1. The van der Waals surface area contributed by atoms with Crippen molar-refractivity contribution in [2.75, 3.05) is 5.73 Å². The Morgan fingerprint density at radius 1 is 1.41 bits per heavy atom. The zero-order chi connectivity index (χ0) is 13.3. The zero-order valence-electron chi connectivity index (χ0n) is 10.2. The van der Waals surface area contributed by atoms with Crippen molar-refractivity contribution >= 4 is 15.7 Å². The van der Waals surface area contributed by atoms with Gasteiger partial charge in [-0.05, 0) is 38.5 Å². The first-order valence-electron chi connectivity index (χ1n) is 5.30. The third-order valence-electron chi connectivity index (χ3n) is 2.60. The van der Waals surface area contributed by atoms with E-state index in [0.717, 1.165) is 0 Å². The molecule has 0 radical (unpaired) electrons. The molecule has 1 rings (SSSR count). The first-order chi connectivity index (χ1) is 7.68. The molecule has 0 aliphatic rings. The second-order valence-electron chi connectivity index (χ2n) is 4.56. The summed E-state index contributed by atoms with van der Waals surface area (Å²) in [6.07, 6.45) is 0.666. The van der Waals surface area contributed by atoms with Crippen LogP contribution in [0.3, 0.4) is 0 Å². The molecule has 0 aromatic heterocycles. The highest BCUT2D eigenvalue weighted by Gasteiger charge is 2.24. The SMILES string of the molecule is CCC(C)(C)NS(=O)(=O)c1ccc(O)c(N)c1. The lowest BCUT2D eigenvalue weighted by Crippen LogP contribution is -2.42. The molecule has 5 nitrogen and oxygen atoms in total. The number of phenols is 1. The highest BCUT2D eigenvalue weighted by Crippen LogP contribution is 2.24. The van der Waals surface area contributed by atoms with Gasteiger partial charge < -0.3 is 10.8 Å². The van der Waals surface area contributed by atoms with E-state index < -0.39 is 15.6 Å². The van der Waals surface area contributed by atoms with Crippen molar-refractivity contribution in [3.8, 4) is 5.75 Å². The van der Waals surface area contributed by atoms with Crippen LogP contribution in [-0.2, 0) is 10.0 Å². The smallest absolute Gasteiger partial charge is 0.241 e. The molecule has 6 heteroatoms. The fraction of sp³-hybridized carbons (Fsp3) is 0.455. The molecule has 0 saturated heterocycles. The zero-order valence-corrected chi connectivity index (χ0v) is 11.0. The predicted molar refractivity (Wildman–Crippen MR) is 67.2 cm³/mol. The van der Waals surface area contributed by atoms with Crippen molar-refractivity contribution in [3.63, 3.8) is 0 Å². The Bertz CT molecular complexity index is 509. The molecule has 0 heterocycles.